The van der Waals surface area contributed by atoms with E-state index in [2.05, 4.69) is 0 Å². The van der Waals surface area contributed by atoms with Gasteiger partial charge in [-0.3, -0.25) is 0 Å². The average molecular weight is 238 g/mol. The molecular formula is C12H14O5. The maximum atomic E-state index is 11.2. The highest BCUT2D eigenvalue weighted by Crippen LogP contribution is 2.44. The standard InChI is InChI=1S/C12H14O5/c1-6-4-7-5-8(15-2)9(12(13)14)11(16-3)10(7)17-6/h5-6H,4H2,1-3H3,(H,13,14)/t6-/m1/s1. The van der Waals surface area contributed by atoms with Crippen molar-refractivity contribution in [3.63, 3.8) is 0 Å². The number of fused-ring (bicyclic) bond motifs is 1. The Hall–Kier alpha value is -1.91. The van der Waals surface area contributed by atoms with E-state index in [1.54, 1.807) is 6.07 Å². The van der Waals surface area contributed by atoms with Crippen LogP contribution in [0.5, 0.6) is 17.2 Å². The fraction of sp³-hybridized carbons (Fsp3) is 0.417. The summed E-state index contributed by atoms with van der Waals surface area (Å²) < 4.78 is 15.8. The minimum absolute atomic E-state index is 0.00264. The topological polar surface area (TPSA) is 65.0 Å². The number of aromatic carboxylic acids is 1. The van der Waals surface area contributed by atoms with Crippen molar-refractivity contribution in [3.05, 3.63) is 17.2 Å². The van der Waals surface area contributed by atoms with Crippen molar-refractivity contribution in [2.75, 3.05) is 14.2 Å². The molecule has 1 heterocycles. The molecule has 1 aromatic carbocycles. The van der Waals surface area contributed by atoms with Gasteiger partial charge in [-0.1, -0.05) is 0 Å². The molecule has 0 saturated carbocycles. The van der Waals surface area contributed by atoms with Gasteiger partial charge in [0, 0.05) is 12.0 Å². The number of methoxy groups -OCH3 is 2. The van der Waals surface area contributed by atoms with E-state index < -0.39 is 5.97 Å². The molecule has 5 heteroatoms. The lowest BCUT2D eigenvalue weighted by Crippen LogP contribution is -2.07. The van der Waals surface area contributed by atoms with Crippen molar-refractivity contribution < 1.29 is 24.1 Å². The summed E-state index contributed by atoms with van der Waals surface area (Å²) in [6.07, 6.45) is 0.745. The first-order valence-electron chi connectivity index (χ1n) is 5.26. The molecule has 0 amide bonds. The predicted octanol–water partition coefficient (Wildman–Crippen LogP) is 1.73. The zero-order chi connectivity index (χ0) is 12.6. The summed E-state index contributed by atoms with van der Waals surface area (Å²) in [5, 5.41) is 9.19. The zero-order valence-electron chi connectivity index (χ0n) is 9.94. The number of hydrogen-bond acceptors (Lipinski definition) is 4. The predicted molar refractivity (Wildman–Crippen MR) is 60.3 cm³/mol. The highest BCUT2D eigenvalue weighted by molar-refractivity contribution is 5.96. The van der Waals surface area contributed by atoms with Gasteiger partial charge >= 0.3 is 5.97 Å². The van der Waals surface area contributed by atoms with Crippen LogP contribution in [0.15, 0.2) is 6.07 Å². The molecule has 0 fully saturated rings. The van der Waals surface area contributed by atoms with Gasteiger partial charge in [-0.15, -0.1) is 0 Å². The summed E-state index contributed by atoms with van der Waals surface area (Å²) in [6.45, 7) is 1.92. The Morgan fingerprint density at radius 1 is 1.47 bits per heavy atom. The first-order chi connectivity index (χ1) is 8.08. The van der Waals surface area contributed by atoms with Crippen molar-refractivity contribution in [1.82, 2.24) is 0 Å². The highest BCUT2D eigenvalue weighted by Gasteiger charge is 2.30. The van der Waals surface area contributed by atoms with Gasteiger partial charge in [0.15, 0.2) is 11.5 Å². The van der Waals surface area contributed by atoms with E-state index in [0.717, 1.165) is 12.0 Å². The van der Waals surface area contributed by atoms with Crippen LogP contribution in [0.25, 0.3) is 0 Å². The Morgan fingerprint density at radius 2 is 2.18 bits per heavy atom. The molecule has 1 aliphatic heterocycles. The van der Waals surface area contributed by atoms with Crippen molar-refractivity contribution in [1.29, 1.82) is 0 Å². The van der Waals surface area contributed by atoms with Crippen LogP contribution in [0.2, 0.25) is 0 Å². The van der Waals surface area contributed by atoms with Crippen LogP contribution < -0.4 is 14.2 Å². The number of benzene rings is 1. The molecule has 1 atom stereocenters. The summed E-state index contributed by atoms with van der Waals surface area (Å²) in [4.78, 5) is 11.2. The Balaban J connectivity index is 2.67. The lowest BCUT2D eigenvalue weighted by Gasteiger charge is -2.13. The van der Waals surface area contributed by atoms with Gasteiger partial charge in [0.05, 0.1) is 14.2 Å². The van der Waals surface area contributed by atoms with Crippen LogP contribution in [0.1, 0.15) is 22.8 Å². The Kier molecular flexibility index (Phi) is 2.83. The second-order valence-corrected chi connectivity index (χ2v) is 3.91. The molecule has 0 spiro atoms. The average Bonchev–Trinajstić information content (AvgIpc) is 2.65. The van der Waals surface area contributed by atoms with Crippen LogP contribution in [-0.2, 0) is 6.42 Å². The monoisotopic (exact) mass is 238 g/mol. The molecular weight excluding hydrogens is 224 g/mol. The lowest BCUT2D eigenvalue weighted by atomic mass is 10.1. The molecule has 5 nitrogen and oxygen atoms in total. The Bertz CT molecular complexity index is 466. The van der Waals surface area contributed by atoms with E-state index in [9.17, 15) is 9.90 Å². The molecule has 0 saturated heterocycles. The second-order valence-electron chi connectivity index (χ2n) is 3.91. The Labute approximate surface area is 98.9 Å². The number of ether oxygens (including phenoxy) is 3. The van der Waals surface area contributed by atoms with Gasteiger partial charge in [0.1, 0.15) is 17.4 Å². The maximum Gasteiger partial charge on any atom is 0.343 e. The van der Waals surface area contributed by atoms with Crippen LogP contribution >= 0.6 is 0 Å². The number of hydrogen-bond donors (Lipinski definition) is 1. The van der Waals surface area contributed by atoms with Crippen LogP contribution in [0.4, 0.5) is 0 Å². The summed E-state index contributed by atoms with van der Waals surface area (Å²) in [5.74, 6) is -0.0511. The first-order valence-corrected chi connectivity index (χ1v) is 5.26. The molecule has 0 aromatic heterocycles. The third kappa shape index (κ3) is 1.77. The molecule has 92 valence electrons. The molecule has 0 aliphatic carbocycles. The quantitative estimate of drug-likeness (QED) is 0.868. The van der Waals surface area contributed by atoms with E-state index in [4.69, 9.17) is 14.2 Å². The normalized spacial score (nSPS) is 17.2. The zero-order valence-corrected chi connectivity index (χ0v) is 9.94. The molecule has 0 unspecified atom stereocenters. The van der Waals surface area contributed by atoms with Crippen molar-refractivity contribution in [2.45, 2.75) is 19.4 Å². The lowest BCUT2D eigenvalue weighted by molar-refractivity contribution is 0.0688. The molecule has 0 radical (unpaired) electrons. The molecule has 1 aliphatic rings. The smallest absolute Gasteiger partial charge is 0.343 e. The van der Waals surface area contributed by atoms with E-state index >= 15 is 0 Å². The van der Waals surface area contributed by atoms with Gasteiger partial charge in [0.2, 0.25) is 0 Å². The maximum absolute atomic E-state index is 11.2. The van der Waals surface area contributed by atoms with Gasteiger partial charge in [0.25, 0.3) is 0 Å². The van der Waals surface area contributed by atoms with E-state index in [-0.39, 0.29) is 17.4 Å². The van der Waals surface area contributed by atoms with Crippen LogP contribution in [-0.4, -0.2) is 31.4 Å². The van der Waals surface area contributed by atoms with Gasteiger partial charge < -0.3 is 19.3 Å². The fourth-order valence-corrected chi connectivity index (χ4v) is 2.06. The first kappa shape index (κ1) is 11.6. The minimum atomic E-state index is -1.09. The summed E-state index contributed by atoms with van der Waals surface area (Å²) in [5.41, 5.74) is 0.916. The molecule has 0 bridgehead atoms. The largest absolute Gasteiger partial charge is 0.496 e. The van der Waals surface area contributed by atoms with Gasteiger partial charge in [-0.2, -0.15) is 0 Å². The van der Waals surface area contributed by atoms with E-state index in [0.29, 0.717) is 11.5 Å². The Morgan fingerprint density at radius 3 is 2.71 bits per heavy atom. The van der Waals surface area contributed by atoms with Crippen LogP contribution in [0.3, 0.4) is 0 Å². The van der Waals surface area contributed by atoms with E-state index in [1.165, 1.54) is 14.2 Å². The number of carboxylic acids is 1. The van der Waals surface area contributed by atoms with Crippen LogP contribution in [0, 0.1) is 0 Å². The summed E-state index contributed by atoms with van der Waals surface area (Å²) >= 11 is 0. The third-order valence-corrected chi connectivity index (χ3v) is 2.74. The van der Waals surface area contributed by atoms with Crippen molar-refractivity contribution in [3.8, 4) is 17.2 Å². The number of rotatable bonds is 3. The summed E-state index contributed by atoms with van der Waals surface area (Å²) in [7, 11) is 2.86. The fourth-order valence-electron chi connectivity index (χ4n) is 2.06. The van der Waals surface area contributed by atoms with Gasteiger partial charge in [-0.25, -0.2) is 4.79 Å². The van der Waals surface area contributed by atoms with Crippen molar-refractivity contribution >= 4 is 5.97 Å². The number of carbonyl (C=O) groups is 1. The minimum Gasteiger partial charge on any atom is -0.496 e. The van der Waals surface area contributed by atoms with Gasteiger partial charge in [-0.05, 0) is 13.0 Å². The second kappa shape index (κ2) is 4.16. The summed E-state index contributed by atoms with van der Waals surface area (Å²) in [6, 6.07) is 1.70. The number of carboxylic acid groups (broad SMARTS) is 1. The molecule has 17 heavy (non-hydrogen) atoms. The molecule has 1 aromatic rings. The SMILES string of the molecule is COc1cc2c(c(OC)c1C(=O)O)O[C@H](C)C2. The molecule has 1 N–H and O–H groups in total. The van der Waals surface area contributed by atoms with E-state index in [1.807, 2.05) is 6.92 Å². The third-order valence-electron chi connectivity index (χ3n) is 2.74. The molecule has 2 rings (SSSR count). The van der Waals surface area contributed by atoms with Crippen molar-refractivity contribution in [2.24, 2.45) is 0 Å². The highest BCUT2D eigenvalue weighted by atomic mass is 16.5.